The van der Waals surface area contributed by atoms with Gasteiger partial charge in [0.15, 0.2) is 0 Å². The highest BCUT2D eigenvalue weighted by atomic mass is 16.5. The van der Waals surface area contributed by atoms with Crippen LogP contribution in [0.15, 0.2) is 48.8 Å². The number of nitrogens with one attached hydrogen (secondary N) is 2. The molecule has 2 aromatic rings. The quantitative estimate of drug-likeness (QED) is 0.807. The number of pyridine rings is 1. The first-order valence-electron chi connectivity index (χ1n) is 10.6. The lowest BCUT2D eigenvalue weighted by atomic mass is 9.80. The maximum absolute atomic E-state index is 12.8. The van der Waals surface area contributed by atoms with Crippen molar-refractivity contribution in [1.29, 1.82) is 0 Å². The molecule has 1 aromatic carbocycles. The summed E-state index contributed by atoms with van der Waals surface area (Å²) in [5.41, 5.74) is 2.89. The number of morpholine rings is 1. The molecule has 2 heterocycles. The predicted octanol–water partition coefficient (Wildman–Crippen LogP) is 3.91. The molecule has 4 rings (SSSR count). The summed E-state index contributed by atoms with van der Waals surface area (Å²) in [6, 6.07) is 11.6. The van der Waals surface area contributed by atoms with E-state index >= 15 is 0 Å². The molecule has 0 unspecified atom stereocenters. The largest absolute Gasteiger partial charge is 0.379 e. The molecule has 0 bridgehead atoms. The number of hydrogen-bond acceptors (Lipinski definition) is 4. The molecular weight excluding hydrogens is 364 g/mol. The summed E-state index contributed by atoms with van der Waals surface area (Å²) < 4.78 is 5.55. The van der Waals surface area contributed by atoms with Crippen molar-refractivity contribution in [3.63, 3.8) is 0 Å². The molecule has 29 heavy (non-hydrogen) atoms. The molecule has 1 saturated carbocycles. The Balaban J connectivity index is 1.43. The summed E-state index contributed by atoms with van der Waals surface area (Å²) in [5.74, 6) is 0. The lowest BCUT2D eigenvalue weighted by Crippen LogP contribution is -2.60. The zero-order valence-electron chi connectivity index (χ0n) is 16.9. The Bertz CT molecular complexity index is 800. The van der Waals surface area contributed by atoms with Gasteiger partial charge >= 0.3 is 6.03 Å². The summed E-state index contributed by atoms with van der Waals surface area (Å²) in [6.07, 6.45) is 9.55. The van der Waals surface area contributed by atoms with Gasteiger partial charge in [0.05, 0.1) is 18.9 Å². The first kappa shape index (κ1) is 19.9. The average molecular weight is 395 g/mol. The Labute approximate surface area is 172 Å². The second-order valence-corrected chi connectivity index (χ2v) is 7.97. The van der Waals surface area contributed by atoms with E-state index in [0.717, 1.165) is 56.0 Å². The van der Waals surface area contributed by atoms with Crippen molar-refractivity contribution in [1.82, 2.24) is 15.2 Å². The van der Waals surface area contributed by atoms with Crippen LogP contribution in [0.25, 0.3) is 11.1 Å². The standard InChI is InChI=1S/C23H30N4O2/c28-22(26-21-7-3-2-6-20(21)19-8-12-24-13-9-19)25-18-23(10-4-1-5-11-23)27-14-16-29-17-15-27/h2-3,6-9,12-13H,1,4-5,10-11,14-18H2,(H2,25,26,28). The molecule has 1 saturated heterocycles. The number of rotatable bonds is 5. The Morgan fingerprint density at radius 1 is 1.03 bits per heavy atom. The van der Waals surface area contributed by atoms with Crippen LogP contribution in [0.2, 0.25) is 0 Å². The van der Waals surface area contributed by atoms with Crippen LogP contribution in [0, 0.1) is 0 Å². The van der Waals surface area contributed by atoms with Crippen LogP contribution >= 0.6 is 0 Å². The molecule has 0 radical (unpaired) electrons. The minimum atomic E-state index is -0.148. The molecule has 1 aliphatic carbocycles. The van der Waals surface area contributed by atoms with Crippen LogP contribution in [0.1, 0.15) is 32.1 Å². The molecule has 1 aromatic heterocycles. The third kappa shape index (κ3) is 4.77. The van der Waals surface area contributed by atoms with E-state index in [1.165, 1.54) is 19.3 Å². The van der Waals surface area contributed by atoms with E-state index in [0.29, 0.717) is 6.54 Å². The van der Waals surface area contributed by atoms with Gasteiger partial charge in [-0.05, 0) is 36.6 Å². The minimum absolute atomic E-state index is 0.0595. The Morgan fingerprint density at radius 3 is 2.52 bits per heavy atom. The van der Waals surface area contributed by atoms with Gasteiger partial charge in [0.2, 0.25) is 0 Å². The fourth-order valence-electron chi connectivity index (χ4n) is 4.64. The second-order valence-electron chi connectivity index (χ2n) is 7.97. The first-order valence-corrected chi connectivity index (χ1v) is 10.6. The molecule has 2 amide bonds. The van der Waals surface area contributed by atoms with E-state index < -0.39 is 0 Å². The summed E-state index contributed by atoms with van der Waals surface area (Å²) in [7, 11) is 0. The zero-order chi connectivity index (χ0) is 19.9. The number of urea groups is 1. The molecule has 2 aliphatic rings. The summed E-state index contributed by atoms with van der Waals surface area (Å²) in [5, 5.41) is 6.23. The SMILES string of the molecule is O=C(NCC1(N2CCOCC2)CCCCC1)Nc1ccccc1-c1ccncc1. The van der Waals surface area contributed by atoms with E-state index in [1.807, 2.05) is 36.4 Å². The van der Waals surface area contributed by atoms with Crippen LogP contribution < -0.4 is 10.6 Å². The van der Waals surface area contributed by atoms with Gasteiger partial charge in [0.25, 0.3) is 0 Å². The predicted molar refractivity (Wildman–Crippen MR) is 115 cm³/mol. The van der Waals surface area contributed by atoms with Gasteiger partial charge in [-0.3, -0.25) is 9.88 Å². The number of carbonyl (C=O) groups is 1. The normalized spacial score (nSPS) is 19.4. The number of aromatic nitrogens is 1. The second kappa shape index (κ2) is 9.37. The van der Waals surface area contributed by atoms with Gasteiger partial charge in [0.1, 0.15) is 0 Å². The Hall–Kier alpha value is -2.44. The topological polar surface area (TPSA) is 66.5 Å². The van der Waals surface area contributed by atoms with E-state index in [9.17, 15) is 4.79 Å². The monoisotopic (exact) mass is 394 g/mol. The summed E-state index contributed by atoms with van der Waals surface area (Å²) in [6.45, 7) is 4.15. The third-order valence-electron chi connectivity index (χ3n) is 6.21. The maximum Gasteiger partial charge on any atom is 0.319 e. The number of anilines is 1. The van der Waals surface area contributed by atoms with Crippen molar-refractivity contribution in [2.45, 2.75) is 37.6 Å². The van der Waals surface area contributed by atoms with Crippen LogP contribution in [0.4, 0.5) is 10.5 Å². The van der Waals surface area contributed by atoms with Gasteiger partial charge in [-0.15, -0.1) is 0 Å². The Kier molecular flexibility index (Phi) is 6.42. The van der Waals surface area contributed by atoms with E-state index in [2.05, 4.69) is 20.5 Å². The highest BCUT2D eigenvalue weighted by molar-refractivity contribution is 5.94. The summed E-state index contributed by atoms with van der Waals surface area (Å²) in [4.78, 5) is 19.4. The molecule has 2 N–H and O–H groups in total. The van der Waals surface area contributed by atoms with E-state index in [1.54, 1.807) is 12.4 Å². The van der Waals surface area contributed by atoms with Crippen LogP contribution in [-0.4, -0.2) is 54.3 Å². The smallest absolute Gasteiger partial charge is 0.319 e. The van der Waals surface area contributed by atoms with Crippen LogP contribution in [-0.2, 0) is 4.74 Å². The number of carbonyl (C=O) groups excluding carboxylic acids is 1. The fourth-order valence-corrected chi connectivity index (χ4v) is 4.64. The van der Waals surface area contributed by atoms with Gasteiger partial charge in [-0.2, -0.15) is 0 Å². The van der Waals surface area contributed by atoms with E-state index in [-0.39, 0.29) is 11.6 Å². The number of ether oxygens (including phenoxy) is 1. The van der Waals surface area contributed by atoms with Crippen molar-refractivity contribution in [3.8, 4) is 11.1 Å². The summed E-state index contributed by atoms with van der Waals surface area (Å²) >= 11 is 0. The van der Waals surface area contributed by atoms with Gasteiger partial charge in [0, 0.05) is 43.1 Å². The molecule has 154 valence electrons. The zero-order valence-corrected chi connectivity index (χ0v) is 16.9. The van der Waals surface area contributed by atoms with Crippen molar-refractivity contribution in [2.75, 3.05) is 38.2 Å². The Morgan fingerprint density at radius 2 is 1.76 bits per heavy atom. The lowest BCUT2D eigenvalue weighted by Gasteiger charge is -2.48. The molecule has 6 nitrogen and oxygen atoms in total. The number of para-hydroxylation sites is 1. The molecule has 0 atom stereocenters. The van der Waals surface area contributed by atoms with Gasteiger partial charge < -0.3 is 15.4 Å². The van der Waals surface area contributed by atoms with Crippen molar-refractivity contribution in [3.05, 3.63) is 48.8 Å². The first-order chi connectivity index (χ1) is 14.3. The highest BCUT2D eigenvalue weighted by Gasteiger charge is 2.38. The van der Waals surface area contributed by atoms with Crippen molar-refractivity contribution < 1.29 is 9.53 Å². The molecular formula is C23H30N4O2. The number of hydrogen-bond donors (Lipinski definition) is 2. The van der Waals surface area contributed by atoms with Crippen molar-refractivity contribution in [2.24, 2.45) is 0 Å². The molecule has 0 spiro atoms. The molecule has 6 heteroatoms. The fraction of sp³-hybridized carbons (Fsp3) is 0.478. The van der Waals surface area contributed by atoms with Crippen LogP contribution in [0.3, 0.4) is 0 Å². The highest BCUT2D eigenvalue weighted by Crippen LogP contribution is 2.34. The van der Waals surface area contributed by atoms with E-state index in [4.69, 9.17) is 4.74 Å². The number of amides is 2. The number of benzene rings is 1. The number of nitrogens with zero attached hydrogens (tertiary/aromatic N) is 2. The third-order valence-corrected chi connectivity index (χ3v) is 6.21. The maximum atomic E-state index is 12.8. The average Bonchev–Trinajstić information content (AvgIpc) is 2.80. The molecule has 2 fully saturated rings. The van der Waals surface area contributed by atoms with Gasteiger partial charge in [-0.1, -0.05) is 37.5 Å². The van der Waals surface area contributed by atoms with Crippen LogP contribution in [0.5, 0.6) is 0 Å². The minimum Gasteiger partial charge on any atom is -0.379 e. The molecule has 1 aliphatic heterocycles. The van der Waals surface area contributed by atoms with Gasteiger partial charge in [-0.25, -0.2) is 4.79 Å². The lowest BCUT2D eigenvalue weighted by molar-refractivity contribution is -0.0356. The van der Waals surface area contributed by atoms with Crippen molar-refractivity contribution >= 4 is 11.7 Å².